The summed E-state index contributed by atoms with van der Waals surface area (Å²) in [5.74, 6) is -0.429. The van der Waals surface area contributed by atoms with Crippen LogP contribution >= 0.6 is 0 Å². The van der Waals surface area contributed by atoms with Gasteiger partial charge in [0.2, 0.25) is 5.91 Å². The van der Waals surface area contributed by atoms with Gasteiger partial charge in [-0.1, -0.05) is 0 Å². The molecule has 6 heteroatoms. The summed E-state index contributed by atoms with van der Waals surface area (Å²) in [6.07, 6.45) is 0.273. The minimum Gasteiger partial charge on any atom is -0.466 e. The quantitative estimate of drug-likeness (QED) is 0.534. The number of esters is 1. The molecule has 0 aliphatic heterocycles. The van der Waals surface area contributed by atoms with Gasteiger partial charge in [-0.3, -0.25) is 9.59 Å². The monoisotopic (exact) mass is 261 g/mol. The van der Waals surface area contributed by atoms with Gasteiger partial charge in [-0.2, -0.15) is 0 Å². The van der Waals surface area contributed by atoms with Gasteiger partial charge in [0.1, 0.15) is 0 Å². The number of ether oxygens (including phenoxy) is 3. The van der Waals surface area contributed by atoms with Crippen LogP contribution in [0.3, 0.4) is 0 Å². The van der Waals surface area contributed by atoms with Crippen molar-refractivity contribution in [2.24, 2.45) is 0 Å². The fourth-order valence-corrected chi connectivity index (χ4v) is 1.36. The zero-order valence-electron chi connectivity index (χ0n) is 11.4. The molecular weight excluding hydrogens is 238 g/mol. The summed E-state index contributed by atoms with van der Waals surface area (Å²) in [4.78, 5) is 24.7. The number of methoxy groups -OCH3 is 2. The van der Waals surface area contributed by atoms with Gasteiger partial charge in [0.15, 0.2) is 0 Å². The van der Waals surface area contributed by atoms with Crippen LogP contribution in [0.15, 0.2) is 0 Å². The van der Waals surface area contributed by atoms with E-state index < -0.39 is 0 Å². The number of rotatable bonds is 10. The van der Waals surface area contributed by atoms with Crippen LogP contribution in [0.5, 0.6) is 0 Å². The van der Waals surface area contributed by atoms with Crippen molar-refractivity contribution in [3.05, 3.63) is 0 Å². The molecule has 0 fully saturated rings. The van der Waals surface area contributed by atoms with Crippen molar-refractivity contribution in [2.75, 3.05) is 47.1 Å². The molecule has 0 aliphatic carbocycles. The number of nitrogens with zero attached hydrogens (tertiary/aromatic N) is 1. The van der Waals surface area contributed by atoms with Crippen LogP contribution in [0.2, 0.25) is 0 Å². The Kier molecular flexibility index (Phi) is 10.3. The fraction of sp³-hybridized carbons (Fsp3) is 0.833. The van der Waals surface area contributed by atoms with Gasteiger partial charge in [0.25, 0.3) is 0 Å². The van der Waals surface area contributed by atoms with Crippen LogP contribution in [-0.2, 0) is 23.8 Å². The third-order valence-electron chi connectivity index (χ3n) is 2.33. The molecule has 0 bridgehead atoms. The maximum Gasteiger partial charge on any atom is 0.306 e. The Labute approximate surface area is 108 Å². The molecule has 0 heterocycles. The SMILES string of the molecule is CCOC(=O)CCC(=O)N(CCOC)CCOC. The summed E-state index contributed by atoms with van der Waals surface area (Å²) >= 11 is 0. The van der Waals surface area contributed by atoms with Gasteiger partial charge in [0, 0.05) is 33.7 Å². The standard InChI is InChI=1S/C12H23NO5/c1-4-18-12(15)6-5-11(14)13(7-9-16-2)8-10-17-3/h4-10H2,1-3H3. The van der Waals surface area contributed by atoms with Crippen LogP contribution in [0.4, 0.5) is 0 Å². The highest BCUT2D eigenvalue weighted by molar-refractivity contribution is 5.81. The summed E-state index contributed by atoms with van der Waals surface area (Å²) in [5, 5.41) is 0. The Hall–Kier alpha value is -1.14. The summed E-state index contributed by atoms with van der Waals surface area (Å²) in [6, 6.07) is 0. The number of hydrogen-bond acceptors (Lipinski definition) is 5. The second-order valence-electron chi connectivity index (χ2n) is 3.67. The molecule has 106 valence electrons. The molecule has 0 unspecified atom stereocenters. The highest BCUT2D eigenvalue weighted by Gasteiger charge is 2.14. The van der Waals surface area contributed by atoms with E-state index in [1.165, 1.54) is 0 Å². The highest BCUT2D eigenvalue weighted by atomic mass is 16.5. The van der Waals surface area contributed by atoms with Gasteiger partial charge in [-0.05, 0) is 6.92 Å². The fourth-order valence-electron chi connectivity index (χ4n) is 1.36. The lowest BCUT2D eigenvalue weighted by atomic mass is 10.2. The van der Waals surface area contributed by atoms with E-state index in [-0.39, 0.29) is 24.7 Å². The average molecular weight is 261 g/mol. The van der Waals surface area contributed by atoms with Crippen molar-refractivity contribution < 1.29 is 23.8 Å². The van der Waals surface area contributed by atoms with E-state index in [0.29, 0.717) is 32.9 Å². The van der Waals surface area contributed by atoms with Gasteiger partial charge < -0.3 is 19.1 Å². The lowest BCUT2D eigenvalue weighted by molar-refractivity contribution is -0.145. The first-order chi connectivity index (χ1) is 8.65. The van der Waals surface area contributed by atoms with Gasteiger partial charge in [-0.25, -0.2) is 0 Å². The third-order valence-corrected chi connectivity index (χ3v) is 2.33. The minimum atomic E-state index is -0.343. The molecule has 0 radical (unpaired) electrons. The van der Waals surface area contributed by atoms with E-state index in [1.807, 2.05) is 0 Å². The molecule has 0 aromatic carbocycles. The molecule has 1 amide bonds. The molecule has 0 N–H and O–H groups in total. The van der Waals surface area contributed by atoms with Crippen molar-refractivity contribution in [1.29, 1.82) is 0 Å². The van der Waals surface area contributed by atoms with E-state index in [4.69, 9.17) is 14.2 Å². The summed E-state index contributed by atoms with van der Waals surface area (Å²) in [5.41, 5.74) is 0. The Morgan fingerprint density at radius 3 is 2.00 bits per heavy atom. The zero-order valence-corrected chi connectivity index (χ0v) is 11.4. The van der Waals surface area contributed by atoms with E-state index >= 15 is 0 Å². The van der Waals surface area contributed by atoms with E-state index in [1.54, 1.807) is 26.0 Å². The second-order valence-corrected chi connectivity index (χ2v) is 3.67. The third kappa shape index (κ3) is 8.03. The van der Waals surface area contributed by atoms with Gasteiger partial charge >= 0.3 is 5.97 Å². The molecule has 0 aromatic heterocycles. The first-order valence-electron chi connectivity index (χ1n) is 6.07. The van der Waals surface area contributed by atoms with Crippen LogP contribution < -0.4 is 0 Å². The maximum absolute atomic E-state index is 11.9. The van der Waals surface area contributed by atoms with Crippen LogP contribution in [-0.4, -0.2) is 63.9 Å². The lowest BCUT2D eigenvalue weighted by Gasteiger charge is -2.21. The predicted octanol–water partition coefficient (Wildman–Crippen LogP) is 0.451. The van der Waals surface area contributed by atoms with Crippen LogP contribution in [0.1, 0.15) is 19.8 Å². The second kappa shape index (κ2) is 11.0. The predicted molar refractivity (Wildman–Crippen MR) is 66.2 cm³/mol. The largest absolute Gasteiger partial charge is 0.466 e. The van der Waals surface area contributed by atoms with Crippen LogP contribution in [0, 0.1) is 0 Å². The normalized spacial score (nSPS) is 10.2. The van der Waals surface area contributed by atoms with Crippen molar-refractivity contribution in [2.45, 2.75) is 19.8 Å². The molecule has 0 rings (SSSR count). The zero-order chi connectivity index (χ0) is 13.8. The lowest BCUT2D eigenvalue weighted by Crippen LogP contribution is -2.36. The topological polar surface area (TPSA) is 65.1 Å². The smallest absolute Gasteiger partial charge is 0.306 e. The minimum absolute atomic E-state index is 0.0860. The average Bonchev–Trinajstić information content (AvgIpc) is 2.36. The van der Waals surface area contributed by atoms with Crippen molar-refractivity contribution in [3.63, 3.8) is 0 Å². The first-order valence-corrected chi connectivity index (χ1v) is 6.07. The van der Waals surface area contributed by atoms with Crippen LogP contribution in [0.25, 0.3) is 0 Å². The van der Waals surface area contributed by atoms with Crippen molar-refractivity contribution in [3.8, 4) is 0 Å². The number of carbonyl (C=O) groups is 2. The number of hydrogen-bond donors (Lipinski definition) is 0. The van der Waals surface area contributed by atoms with Crippen molar-refractivity contribution in [1.82, 2.24) is 4.90 Å². The molecule has 0 saturated carbocycles. The van der Waals surface area contributed by atoms with Gasteiger partial charge in [-0.15, -0.1) is 0 Å². The summed E-state index contributed by atoms with van der Waals surface area (Å²) < 4.78 is 14.7. The van der Waals surface area contributed by atoms with Crippen molar-refractivity contribution >= 4 is 11.9 Å². The Bertz CT molecular complexity index is 237. The molecule has 0 atom stereocenters. The highest BCUT2D eigenvalue weighted by Crippen LogP contribution is 2.00. The summed E-state index contributed by atoms with van der Waals surface area (Å²) in [6.45, 7) is 4.01. The van der Waals surface area contributed by atoms with Gasteiger partial charge in [0.05, 0.1) is 26.2 Å². The molecule has 0 aliphatic rings. The summed E-state index contributed by atoms with van der Waals surface area (Å²) in [7, 11) is 3.16. The maximum atomic E-state index is 11.9. The molecule has 6 nitrogen and oxygen atoms in total. The molecule has 0 spiro atoms. The molecule has 18 heavy (non-hydrogen) atoms. The van der Waals surface area contributed by atoms with E-state index in [0.717, 1.165) is 0 Å². The Morgan fingerprint density at radius 1 is 1.00 bits per heavy atom. The van der Waals surface area contributed by atoms with E-state index in [2.05, 4.69) is 0 Å². The Balaban J connectivity index is 4.06. The number of carbonyl (C=O) groups excluding carboxylic acids is 2. The number of amides is 1. The van der Waals surface area contributed by atoms with E-state index in [9.17, 15) is 9.59 Å². The molecular formula is C12H23NO5. The molecule has 0 saturated heterocycles. The Morgan fingerprint density at radius 2 is 1.56 bits per heavy atom. The first kappa shape index (κ1) is 16.9. The molecule has 0 aromatic rings.